The fourth-order valence-corrected chi connectivity index (χ4v) is 4.17. The van der Waals surface area contributed by atoms with Gasteiger partial charge in [0.1, 0.15) is 12.6 Å². The van der Waals surface area contributed by atoms with Crippen molar-refractivity contribution in [3.63, 3.8) is 0 Å². The first-order valence-electron chi connectivity index (χ1n) is 12.1. The van der Waals surface area contributed by atoms with E-state index in [-0.39, 0.29) is 24.8 Å². The number of carbonyl (C=O) groups excluding carboxylic acids is 3. The molecule has 4 aromatic rings. The Morgan fingerprint density at radius 3 is 2.45 bits per heavy atom. The van der Waals surface area contributed by atoms with E-state index in [9.17, 15) is 14.4 Å². The molecule has 1 aromatic heterocycles. The molecule has 1 fully saturated rings. The lowest BCUT2D eigenvalue weighted by Gasteiger charge is -2.20. The highest BCUT2D eigenvalue weighted by molar-refractivity contribution is 6.04. The largest absolute Gasteiger partial charge is 0.446 e. The van der Waals surface area contributed by atoms with E-state index in [1.54, 1.807) is 42.7 Å². The number of hydrogen-bond acceptors (Lipinski definition) is 7. The van der Waals surface area contributed by atoms with Gasteiger partial charge in [0.05, 0.1) is 6.42 Å². The van der Waals surface area contributed by atoms with Crippen LogP contribution in [-0.4, -0.2) is 39.4 Å². The second-order valence-electron chi connectivity index (χ2n) is 8.82. The number of nitrogens with one attached hydrogen (secondary N) is 2. The molecular weight excluding hydrogens is 482 g/mol. The topological polar surface area (TPSA) is 114 Å². The maximum atomic E-state index is 13.0. The molecule has 1 aliphatic rings. The van der Waals surface area contributed by atoms with Crippen LogP contribution in [0.15, 0.2) is 91.3 Å². The molecule has 0 bridgehead atoms. The molecule has 1 saturated heterocycles. The first-order valence-corrected chi connectivity index (χ1v) is 12.1. The van der Waals surface area contributed by atoms with Gasteiger partial charge < -0.3 is 15.4 Å². The summed E-state index contributed by atoms with van der Waals surface area (Å²) < 4.78 is 5.15. The summed E-state index contributed by atoms with van der Waals surface area (Å²) in [6, 6.07) is 22.8. The predicted molar refractivity (Wildman–Crippen MR) is 142 cm³/mol. The van der Waals surface area contributed by atoms with E-state index in [1.165, 1.54) is 4.90 Å². The van der Waals surface area contributed by atoms with Crippen LogP contribution in [0.2, 0.25) is 0 Å². The molecule has 1 atom stereocenters. The summed E-state index contributed by atoms with van der Waals surface area (Å²) in [6.45, 7) is 2.07. The van der Waals surface area contributed by atoms with E-state index < -0.39 is 12.1 Å². The van der Waals surface area contributed by atoms with E-state index in [0.29, 0.717) is 22.8 Å². The molecule has 5 rings (SSSR count). The van der Waals surface area contributed by atoms with Crippen LogP contribution in [0.25, 0.3) is 0 Å². The van der Waals surface area contributed by atoms with Gasteiger partial charge in [0, 0.05) is 29.3 Å². The Hall–Kier alpha value is -5.05. The van der Waals surface area contributed by atoms with Crippen LogP contribution in [0, 0.1) is 6.92 Å². The number of anilines is 3. The van der Waals surface area contributed by atoms with Crippen LogP contribution in [0.1, 0.15) is 33.1 Å². The third-order valence-corrected chi connectivity index (χ3v) is 6.21. The fraction of sp³-hybridized carbons (Fsp3) is 0.138. The van der Waals surface area contributed by atoms with Gasteiger partial charge in [-0.15, -0.1) is 0 Å². The zero-order chi connectivity index (χ0) is 26.5. The van der Waals surface area contributed by atoms with E-state index >= 15 is 0 Å². The summed E-state index contributed by atoms with van der Waals surface area (Å²) >= 11 is 0. The number of amides is 3. The number of hydrogen-bond donors (Lipinski definition) is 2. The summed E-state index contributed by atoms with van der Waals surface area (Å²) in [5, 5.41) is 6.04. The van der Waals surface area contributed by atoms with Crippen LogP contribution in [0.4, 0.5) is 22.1 Å². The molecule has 1 unspecified atom stereocenters. The normalized spacial score (nSPS) is 14.6. The minimum atomic E-state index is -0.648. The minimum Gasteiger partial charge on any atom is -0.446 e. The molecule has 0 spiro atoms. The molecule has 1 aliphatic heterocycles. The molecule has 9 heteroatoms. The maximum absolute atomic E-state index is 13.0. The van der Waals surface area contributed by atoms with Crippen LogP contribution < -0.4 is 10.6 Å². The van der Waals surface area contributed by atoms with Gasteiger partial charge in [-0.05, 0) is 53.9 Å². The number of aromatic nitrogens is 2. The van der Waals surface area contributed by atoms with Crippen LogP contribution in [-0.2, 0) is 16.0 Å². The van der Waals surface area contributed by atoms with Crippen LogP contribution in [0.5, 0.6) is 0 Å². The lowest BCUT2D eigenvalue weighted by Crippen LogP contribution is -2.35. The van der Waals surface area contributed by atoms with Crippen molar-refractivity contribution in [2.75, 3.05) is 17.2 Å². The molecular formula is C29H25N5O4. The Balaban J connectivity index is 1.23. The van der Waals surface area contributed by atoms with Gasteiger partial charge in [-0.3, -0.25) is 9.59 Å². The zero-order valence-corrected chi connectivity index (χ0v) is 20.6. The SMILES string of the molecule is Cc1ccc(NC(=O)c2ccc(CC(=O)N3C(=O)OCC3c3ccccc3)cc2)cc1Nc1ncccn1. The van der Waals surface area contributed by atoms with E-state index in [0.717, 1.165) is 16.8 Å². The molecule has 38 heavy (non-hydrogen) atoms. The summed E-state index contributed by atoms with van der Waals surface area (Å²) in [7, 11) is 0. The molecule has 2 heterocycles. The van der Waals surface area contributed by atoms with Crippen molar-refractivity contribution < 1.29 is 19.1 Å². The molecule has 9 nitrogen and oxygen atoms in total. The maximum Gasteiger partial charge on any atom is 0.417 e. The van der Waals surface area contributed by atoms with Crippen molar-refractivity contribution >= 4 is 35.2 Å². The minimum absolute atomic E-state index is 0.00881. The van der Waals surface area contributed by atoms with Gasteiger partial charge in [-0.1, -0.05) is 48.5 Å². The molecule has 2 N–H and O–H groups in total. The highest BCUT2D eigenvalue weighted by Crippen LogP contribution is 2.28. The number of carbonyl (C=O) groups is 3. The Bertz CT molecular complexity index is 1460. The van der Waals surface area contributed by atoms with Crippen molar-refractivity contribution in [3.05, 3.63) is 114 Å². The number of aryl methyl sites for hydroxylation is 1. The number of rotatable bonds is 7. The van der Waals surface area contributed by atoms with Crippen LogP contribution in [0.3, 0.4) is 0 Å². The Labute approximate surface area is 219 Å². The summed E-state index contributed by atoms with van der Waals surface area (Å²) in [5.41, 5.74) is 4.31. The Morgan fingerprint density at radius 2 is 1.71 bits per heavy atom. The number of imide groups is 1. The summed E-state index contributed by atoms with van der Waals surface area (Å²) in [5.74, 6) is -0.192. The quantitative estimate of drug-likeness (QED) is 0.360. The van der Waals surface area contributed by atoms with Crippen molar-refractivity contribution in [2.45, 2.75) is 19.4 Å². The number of benzene rings is 3. The highest BCUT2D eigenvalue weighted by atomic mass is 16.6. The number of ether oxygens (including phenoxy) is 1. The van der Waals surface area contributed by atoms with E-state index in [2.05, 4.69) is 20.6 Å². The van der Waals surface area contributed by atoms with Gasteiger partial charge >= 0.3 is 6.09 Å². The highest BCUT2D eigenvalue weighted by Gasteiger charge is 2.38. The molecule has 3 aromatic carbocycles. The molecule has 0 radical (unpaired) electrons. The van der Waals surface area contributed by atoms with Gasteiger partial charge in [0.2, 0.25) is 11.9 Å². The third-order valence-electron chi connectivity index (χ3n) is 6.21. The van der Waals surface area contributed by atoms with Gasteiger partial charge in [-0.2, -0.15) is 0 Å². The van der Waals surface area contributed by atoms with E-state index in [1.807, 2.05) is 55.5 Å². The first kappa shape index (κ1) is 24.6. The average Bonchev–Trinajstić information content (AvgIpc) is 3.33. The molecule has 3 amide bonds. The second-order valence-corrected chi connectivity index (χ2v) is 8.82. The number of cyclic esters (lactones) is 1. The molecule has 0 saturated carbocycles. The average molecular weight is 508 g/mol. The Morgan fingerprint density at radius 1 is 0.974 bits per heavy atom. The van der Waals surface area contributed by atoms with Crippen molar-refractivity contribution in [1.29, 1.82) is 0 Å². The molecule has 190 valence electrons. The predicted octanol–water partition coefficient (Wildman–Crippen LogP) is 5.04. The standard InChI is InChI=1S/C29H25N5O4/c1-19-8-13-23(17-24(19)33-28-30-14-5-15-31-28)32-27(36)22-11-9-20(10-12-22)16-26(35)34-25(18-38-29(34)37)21-6-3-2-4-7-21/h2-15,17,25H,16,18H2,1H3,(H,32,36)(H,30,31,33). The second kappa shape index (κ2) is 10.9. The van der Waals surface area contributed by atoms with Crippen molar-refractivity contribution in [2.24, 2.45) is 0 Å². The third kappa shape index (κ3) is 5.52. The lowest BCUT2D eigenvalue weighted by atomic mass is 10.0. The first-order chi connectivity index (χ1) is 18.5. The smallest absolute Gasteiger partial charge is 0.417 e. The van der Waals surface area contributed by atoms with Gasteiger partial charge in [0.15, 0.2) is 0 Å². The lowest BCUT2D eigenvalue weighted by molar-refractivity contribution is -0.128. The van der Waals surface area contributed by atoms with E-state index in [4.69, 9.17) is 4.74 Å². The zero-order valence-electron chi connectivity index (χ0n) is 20.6. The van der Waals surface area contributed by atoms with Crippen molar-refractivity contribution in [3.8, 4) is 0 Å². The van der Waals surface area contributed by atoms with Crippen LogP contribution >= 0.6 is 0 Å². The Kier molecular flexibility index (Phi) is 7.08. The monoisotopic (exact) mass is 507 g/mol. The van der Waals surface area contributed by atoms with Gasteiger partial charge in [-0.25, -0.2) is 19.7 Å². The van der Waals surface area contributed by atoms with Crippen molar-refractivity contribution in [1.82, 2.24) is 14.9 Å². The number of nitrogens with zero attached hydrogens (tertiary/aromatic N) is 3. The molecule has 0 aliphatic carbocycles. The fourth-order valence-electron chi connectivity index (χ4n) is 4.17. The summed E-state index contributed by atoms with van der Waals surface area (Å²) in [4.78, 5) is 47.6. The van der Waals surface area contributed by atoms with Gasteiger partial charge in [0.25, 0.3) is 5.91 Å². The summed E-state index contributed by atoms with van der Waals surface area (Å²) in [6.07, 6.45) is 2.65.